The summed E-state index contributed by atoms with van der Waals surface area (Å²) in [5, 5.41) is 22.7. The van der Waals surface area contributed by atoms with Gasteiger partial charge in [0.05, 0.1) is 94.0 Å². The smallest absolute Gasteiger partial charge is 0.309 e. The van der Waals surface area contributed by atoms with E-state index in [2.05, 4.69) is 20.8 Å². The molecule has 13 atom stereocenters. The fourth-order valence-electron chi connectivity index (χ4n) is 9.82. The first-order valence-corrected chi connectivity index (χ1v) is 22.6. The summed E-state index contributed by atoms with van der Waals surface area (Å²) < 4.78 is 52.3. The zero-order chi connectivity index (χ0) is 43.0. The summed E-state index contributed by atoms with van der Waals surface area (Å²) in [6.45, 7) is 14.4. The van der Waals surface area contributed by atoms with E-state index >= 15 is 0 Å². The molecular formula is C44H76O15. The Morgan fingerprint density at radius 2 is 0.932 bits per heavy atom. The predicted molar refractivity (Wildman–Crippen MR) is 215 cm³/mol. The number of ether oxygens (including phenoxy) is 9. The molecule has 3 saturated heterocycles. The van der Waals surface area contributed by atoms with E-state index in [9.17, 15) is 14.4 Å². The van der Waals surface area contributed by atoms with E-state index in [1.54, 1.807) is 20.8 Å². The van der Waals surface area contributed by atoms with Crippen LogP contribution in [0.1, 0.15) is 99.3 Å². The van der Waals surface area contributed by atoms with Crippen LogP contribution in [0.4, 0.5) is 0 Å². The monoisotopic (exact) mass is 845 g/mol. The van der Waals surface area contributed by atoms with Crippen LogP contribution in [0, 0.1) is 46.8 Å². The van der Waals surface area contributed by atoms with Crippen molar-refractivity contribution in [3.8, 4) is 0 Å². The third-order valence-electron chi connectivity index (χ3n) is 13.0. The molecule has 7 aliphatic rings. The van der Waals surface area contributed by atoms with Gasteiger partial charge in [0.15, 0.2) is 0 Å². The summed E-state index contributed by atoms with van der Waals surface area (Å²) in [5.74, 6) is 0.525. The standard InChI is InChI=1S/C38H58O12.3C2H6O/c1-4-23-25(7-9-29-32(23)48-29)35(39)45-14-11-42-19-38(6-3,20-43-12-15-46-36(40)26-8-10-30-33(49-30)24(26)5-2)21-44-13-16-47-37(41)28-18-22-17-27(28)34-31(22)50-34;3*1-2-3/h22-34H,4-21H2,1-3H3;3*3H,2H2,1H3. The first-order valence-electron chi connectivity index (χ1n) is 22.6. The molecule has 0 aromatic rings. The van der Waals surface area contributed by atoms with Crippen molar-refractivity contribution in [2.75, 3.05) is 79.3 Å². The van der Waals surface area contributed by atoms with Crippen LogP contribution < -0.4 is 0 Å². The van der Waals surface area contributed by atoms with Crippen LogP contribution in [0.15, 0.2) is 0 Å². The van der Waals surface area contributed by atoms with E-state index in [-0.39, 0.29) is 125 Å². The Kier molecular flexibility index (Phi) is 21.3. The van der Waals surface area contributed by atoms with Gasteiger partial charge in [0.2, 0.25) is 0 Å². The van der Waals surface area contributed by atoms with E-state index < -0.39 is 5.41 Å². The molecule has 7 fully saturated rings. The molecule has 0 aromatic heterocycles. The van der Waals surface area contributed by atoms with Gasteiger partial charge in [0.25, 0.3) is 0 Å². The number of fused-ring (bicyclic) bond motifs is 7. The highest BCUT2D eigenvalue weighted by Gasteiger charge is 2.65. The van der Waals surface area contributed by atoms with Crippen molar-refractivity contribution in [3.63, 3.8) is 0 Å². The highest BCUT2D eigenvalue weighted by atomic mass is 16.6. The minimum absolute atomic E-state index is 0.0571. The molecule has 7 rings (SSSR count). The lowest BCUT2D eigenvalue weighted by atomic mass is 9.78. The molecule has 59 heavy (non-hydrogen) atoms. The summed E-state index contributed by atoms with van der Waals surface area (Å²) in [6, 6.07) is 0. The van der Waals surface area contributed by atoms with Gasteiger partial charge in [-0.15, -0.1) is 0 Å². The Hall–Kier alpha value is -1.95. The zero-order valence-electron chi connectivity index (χ0n) is 36.6. The average molecular weight is 845 g/mol. The van der Waals surface area contributed by atoms with E-state index in [4.69, 9.17) is 58.0 Å². The minimum atomic E-state index is -0.495. The highest BCUT2D eigenvalue weighted by Crippen LogP contribution is 2.59. The molecule has 4 saturated carbocycles. The van der Waals surface area contributed by atoms with Crippen LogP contribution in [0.3, 0.4) is 0 Å². The van der Waals surface area contributed by atoms with Crippen molar-refractivity contribution in [2.45, 2.75) is 136 Å². The quantitative estimate of drug-likeness (QED) is 0.0649. The van der Waals surface area contributed by atoms with Crippen molar-refractivity contribution in [3.05, 3.63) is 0 Å². The molecule has 3 aliphatic heterocycles. The molecule has 3 N–H and O–H groups in total. The number of aliphatic hydroxyl groups excluding tert-OH is 3. The first-order chi connectivity index (χ1) is 28.6. The maximum absolute atomic E-state index is 12.9. The molecular weight excluding hydrogens is 768 g/mol. The number of carbonyl (C=O) groups is 3. The SMILES string of the molecule is CCC1C(C(=O)OCCOCC(CC)(COCCOC(=O)C2CCC3OC3C2CC)COCCOC(=O)C2CC3CC2C2OC32)CCC2OC21.CCO.CCO.CCO. The van der Waals surface area contributed by atoms with Crippen molar-refractivity contribution in [2.24, 2.45) is 46.8 Å². The van der Waals surface area contributed by atoms with Crippen LogP contribution in [-0.2, 0) is 57.0 Å². The van der Waals surface area contributed by atoms with E-state index in [0.717, 1.165) is 51.4 Å². The number of hydrogen-bond acceptors (Lipinski definition) is 15. The summed E-state index contributed by atoms with van der Waals surface area (Å²) in [7, 11) is 0. The molecule has 3 heterocycles. The lowest BCUT2D eigenvalue weighted by Gasteiger charge is -2.32. The fraction of sp³-hybridized carbons (Fsp3) is 0.932. The topological polar surface area (TPSA) is 205 Å². The Morgan fingerprint density at radius 3 is 1.29 bits per heavy atom. The molecule has 0 radical (unpaired) electrons. The maximum atomic E-state index is 12.9. The third-order valence-corrected chi connectivity index (χ3v) is 13.0. The zero-order valence-corrected chi connectivity index (χ0v) is 36.6. The Morgan fingerprint density at radius 1 is 0.525 bits per heavy atom. The second-order valence-corrected chi connectivity index (χ2v) is 16.8. The molecule has 0 spiro atoms. The van der Waals surface area contributed by atoms with Crippen molar-refractivity contribution < 1.29 is 72.3 Å². The maximum Gasteiger partial charge on any atom is 0.309 e. The first kappa shape index (κ1) is 49.7. The van der Waals surface area contributed by atoms with Gasteiger partial charge in [-0.25, -0.2) is 0 Å². The molecule has 15 nitrogen and oxygen atoms in total. The average Bonchev–Trinajstić information content (AvgIpc) is 4.18. The number of epoxide rings is 3. The van der Waals surface area contributed by atoms with Gasteiger partial charge in [0.1, 0.15) is 19.8 Å². The molecule has 2 bridgehead atoms. The van der Waals surface area contributed by atoms with E-state index in [0.29, 0.717) is 56.4 Å². The van der Waals surface area contributed by atoms with Crippen LogP contribution in [0.5, 0.6) is 0 Å². The molecule has 13 unspecified atom stereocenters. The Bertz CT molecular complexity index is 1190. The third kappa shape index (κ3) is 14.0. The normalized spacial score (nSPS) is 34.6. The number of hydrogen-bond donors (Lipinski definition) is 3. The number of esters is 3. The van der Waals surface area contributed by atoms with Crippen LogP contribution in [0.2, 0.25) is 0 Å². The van der Waals surface area contributed by atoms with Gasteiger partial charge in [-0.2, -0.15) is 0 Å². The van der Waals surface area contributed by atoms with Gasteiger partial charge >= 0.3 is 17.9 Å². The number of rotatable bonds is 21. The minimum Gasteiger partial charge on any atom is -0.463 e. The van der Waals surface area contributed by atoms with Gasteiger partial charge in [-0.1, -0.05) is 20.8 Å². The van der Waals surface area contributed by atoms with E-state index in [1.807, 2.05) is 0 Å². The van der Waals surface area contributed by atoms with Gasteiger partial charge in [-0.05, 0) is 84.5 Å². The Balaban J connectivity index is 0.000000785. The summed E-state index contributed by atoms with van der Waals surface area (Å²) in [4.78, 5) is 38.5. The highest BCUT2D eigenvalue weighted by molar-refractivity contribution is 5.74. The van der Waals surface area contributed by atoms with Gasteiger partial charge in [-0.3, -0.25) is 14.4 Å². The van der Waals surface area contributed by atoms with Crippen LogP contribution >= 0.6 is 0 Å². The molecule has 0 amide bonds. The Labute approximate surface area is 351 Å². The molecule has 342 valence electrons. The van der Waals surface area contributed by atoms with Gasteiger partial charge in [0, 0.05) is 43.0 Å². The summed E-state index contributed by atoms with van der Waals surface area (Å²) >= 11 is 0. The van der Waals surface area contributed by atoms with Crippen molar-refractivity contribution >= 4 is 17.9 Å². The number of aliphatic hydroxyl groups is 3. The molecule has 4 aliphatic carbocycles. The van der Waals surface area contributed by atoms with E-state index in [1.165, 1.54) is 0 Å². The summed E-state index contributed by atoms with van der Waals surface area (Å²) in [5.41, 5.74) is -0.495. The lowest BCUT2D eigenvalue weighted by molar-refractivity contribution is -0.155. The summed E-state index contributed by atoms with van der Waals surface area (Å²) in [6.07, 6.45) is 9.63. The van der Waals surface area contributed by atoms with Crippen molar-refractivity contribution in [1.29, 1.82) is 0 Å². The van der Waals surface area contributed by atoms with Crippen LogP contribution in [-0.4, -0.2) is 149 Å². The molecule has 0 aromatic carbocycles. The van der Waals surface area contributed by atoms with Crippen LogP contribution in [0.25, 0.3) is 0 Å². The predicted octanol–water partition coefficient (Wildman–Crippen LogP) is 3.89. The second kappa shape index (κ2) is 25.2. The molecule has 15 heteroatoms. The lowest BCUT2D eigenvalue weighted by Crippen LogP contribution is -2.38. The second-order valence-electron chi connectivity index (χ2n) is 16.8. The van der Waals surface area contributed by atoms with Crippen molar-refractivity contribution in [1.82, 2.24) is 0 Å². The number of carbonyl (C=O) groups excluding carboxylic acids is 3. The van der Waals surface area contributed by atoms with Gasteiger partial charge < -0.3 is 58.0 Å². The fourth-order valence-corrected chi connectivity index (χ4v) is 9.82. The largest absolute Gasteiger partial charge is 0.463 e.